The van der Waals surface area contributed by atoms with Crippen LogP contribution < -0.4 is 0 Å². The molecule has 0 radical (unpaired) electrons. The lowest BCUT2D eigenvalue weighted by atomic mass is 9.91. The van der Waals surface area contributed by atoms with E-state index in [0.717, 1.165) is 28.9 Å². The molecule has 2 atom stereocenters. The number of hydrogen-bond donors (Lipinski definition) is 2. The first kappa shape index (κ1) is 23.2. The fourth-order valence-electron chi connectivity index (χ4n) is 3.57. The van der Waals surface area contributed by atoms with Crippen LogP contribution in [0.2, 0.25) is 5.02 Å². The van der Waals surface area contributed by atoms with Crippen LogP contribution in [-0.4, -0.2) is 56.4 Å². The van der Waals surface area contributed by atoms with Crippen molar-refractivity contribution in [1.82, 2.24) is 14.9 Å². The number of nitrogens with zero attached hydrogens (tertiary/aromatic N) is 3. The summed E-state index contributed by atoms with van der Waals surface area (Å²) in [6, 6.07) is 15.4. The fraction of sp³-hybridized carbons (Fsp3) is 0.259. The Balaban J connectivity index is 1.32. The molecule has 0 unspecified atom stereocenters. The van der Waals surface area contributed by atoms with Gasteiger partial charge in [-0.2, -0.15) is 0 Å². The number of β-amino-alcohol motifs (C(OH)–C–C–N with tert-alkyl or cyclic N) is 1. The molecule has 0 amide bonds. The molecule has 2 aromatic heterocycles. The van der Waals surface area contributed by atoms with E-state index in [1.165, 1.54) is 0 Å². The standard InChI is InChI=1S/C27H26ClN3O2/c1-27(33)14-16-31(19-26(27)32)15-2-3-24-11-4-20(17-29-24)5-12-25-13-8-22(18-30-25)21-6-9-23(28)10-7-21/h2-4,6-11,13,17-18,26,32-33H,14-16,19H2,1H3/t26-,27+/m1/s1. The van der Waals surface area contributed by atoms with Crippen LogP contribution >= 0.6 is 11.6 Å². The Morgan fingerprint density at radius 3 is 2.52 bits per heavy atom. The Hall–Kier alpha value is -3.01. The van der Waals surface area contributed by atoms with Crippen LogP contribution in [-0.2, 0) is 0 Å². The molecule has 6 heteroatoms. The van der Waals surface area contributed by atoms with E-state index in [-0.39, 0.29) is 0 Å². The van der Waals surface area contributed by atoms with Crippen molar-refractivity contribution in [2.24, 2.45) is 0 Å². The predicted molar refractivity (Wildman–Crippen MR) is 132 cm³/mol. The second kappa shape index (κ2) is 10.3. The molecule has 0 spiro atoms. The van der Waals surface area contributed by atoms with Crippen molar-refractivity contribution in [2.75, 3.05) is 19.6 Å². The molecule has 1 aromatic carbocycles. The van der Waals surface area contributed by atoms with Crippen molar-refractivity contribution >= 4 is 17.7 Å². The number of benzene rings is 1. The number of hydrogen-bond acceptors (Lipinski definition) is 5. The molecule has 4 rings (SSSR count). The summed E-state index contributed by atoms with van der Waals surface area (Å²) in [6.45, 7) is 3.61. The van der Waals surface area contributed by atoms with E-state index in [9.17, 15) is 10.2 Å². The minimum absolute atomic E-state index is 0.466. The normalized spacial score (nSPS) is 21.0. The quantitative estimate of drug-likeness (QED) is 0.576. The molecule has 0 bridgehead atoms. The molecule has 5 nitrogen and oxygen atoms in total. The van der Waals surface area contributed by atoms with Crippen molar-refractivity contribution in [1.29, 1.82) is 0 Å². The lowest BCUT2D eigenvalue weighted by Crippen LogP contribution is -2.53. The van der Waals surface area contributed by atoms with Crippen LogP contribution in [0.5, 0.6) is 0 Å². The van der Waals surface area contributed by atoms with Gasteiger partial charge in [0.2, 0.25) is 0 Å². The first-order chi connectivity index (χ1) is 15.9. The van der Waals surface area contributed by atoms with E-state index >= 15 is 0 Å². The maximum Gasteiger partial charge on any atom is 0.113 e. The highest BCUT2D eigenvalue weighted by Crippen LogP contribution is 2.22. The second-order valence-electron chi connectivity index (χ2n) is 8.45. The van der Waals surface area contributed by atoms with Crippen LogP contribution in [0.25, 0.3) is 17.2 Å². The average molecular weight is 460 g/mol. The molecule has 0 aliphatic carbocycles. The first-order valence-corrected chi connectivity index (χ1v) is 11.3. The molecule has 1 aliphatic rings. The Bertz CT molecular complexity index is 1160. The molecule has 3 aromatic rings. The summed E-state index contributed by atoms with van der Waals surface area (Å²) >= 11 is 5.94. The number of likely N-dealkylation sites (tertiary alicyclic amines) is 1. The minimum Gasteiger partial charge on any atom is -0.389 e. The Kier molecular flexibility index (Phi) is 7.22. The number of piperidine rings is 1. The zero-order valence-corrected chi connectivity index (χ0v) is 19.2. The summed E-state index contributed by atoms with van der Waals surface area (Å²) < 4.78 is 0. The molecule has 2 N–H and O–H groups in total. The van der Waals surface area contributed by atoms with Gasteiger partial charge in [0.1, 0.15) is 5.69 Å². The van der Waals surface area contributed by atoms with Crippen LogP contribution in [0.15, 0.2) is 67.0 Å². The number of aliphatic hydroxyl groups is 2. The molecule has 1 aliphatic heterocycles. The lowest BCUT2D eigenvalue weighted by molar-refractivity contribution is -0.105. The van der Waals surface area contributed by atoms with E-state index in [0.29, 0.717) is 30.2 Å². The molecule has 3 heterocycles. The molecular formula is C27H26ClN3O2. The van der Waals surface area contributed by atoms with Gasteiger partial charge < -0.3 is 10.2 Å². The summed E-state index contributed by atoms with van der Waals surface area (Å²) in [4.78, 5) is 11.0. The van der Waals surface area contributed by atoms with Gasteiger partial charge in [-0.25, -0.2) is 4.98 Å². The van der Waals surface area contributed by atoms with Gasteiger partial charge in [0.15, 0.2) is 0 Å². The van der Waals surface area contributed by atoms with Crippen molar-refractivity contribution in [2.45, 2.75) is 25.0 Å². The van der Waals surface area contributed by atoms with Gasteiger partial charge in [-0.15, -0.1) is 0 Å². The van der Waals surface area contributed by atoms with E-state index < -0.39 is 11.7 Å². The average Bonchev–Trinajstić information content (AvgIpc) is 2.82. The highest BCUT2D eigenvalue weighted by molar-refractivity contribution is 6.30. The summed E-state index contributed by atoms with van der Waals surface area (Å²) in [5.41, 5.74) is 3.43. The van der Waals surface area contributed by atoms with Crippen molar-refractivity contribution < 1.29 is 10.2 Å². The zero-order chi connectivity index (χ0) is 23.3. The third-order valence-corrected chi connectivity index (χ3v) is 6.05. The topological polar surface area (TPSA) is 69.5 Å². The molecule has 0 saturated carbocycles. The largest absolute Gasteiger partial charge is 0.389 e. The highest BCUT2D eigenvalue weighted by atomic mass is 35.5. The summed E-state index contributed by atoms with van der Waals surface area (Å²) in [5.74, 6) is 6.17. The van der Waals surface area contributed by atoms with Gasteiger partial charge in [-0.1, -0.05) is 41.8 Å². The van der Waals surface area contributed by atoms with E-state index in [4.69, 9.17) is 11.6 Å². The Labute approximate surface area is 199 Å². The third-order valence-electron chi connectivity index (χ3n) is 5.80. The monoisotopic (exact) mass is 459 g/mol. The first-order valence-electron chi connectivity index (χ1n) is 10.9. The van der Waals surface area contributed by atoms with E-state index in [1.54, 1.807) is 13.1 Å². The number of aliphatic hydroxyl groups excluding tert-OH is 1. The Morgan fingerprint density at radius 2 is 1.85 bits per heavy atom. The van der Waals surface area contributed by atoms with Crippen molar-refractivity contribution in [3.63, 3.8) is 0 Å². The van der Waals surface area contributed by atoms with Crippen molar-refractivity contribution in [3.8, 4) is 23.0 Å². The molecule has 1 saturated heterocycles. The maximum atomic E-state index is 10.1. The minimum atomic E-state index is -0.993. The summed E-state index contributed by atoms with van der Waals surface area (Å²) in [7, 11) is 0. The lowest BCUT2D eigenvalue weighted by Gasteiger charge is -2.39. The highest BCUT2D eigenvalue weighted by Gasteiger charge is 2.35. The van der Waals surface area contributed by atoms with Crippen LogP contribution in [0, 0.1) is 11.8 Å². The smallest absolute Gasteiger partial charge is 0.113 e. The van der Waals surface area contributed by atoms with E-state index in [2.05, 4.69) is 26.7 Å². The number of halogens is 1. The maximum absolute atomic E-state index is 10.1. The van der Waals surface area contributed by atoms with Crippen LogP contribution in [0.3, 0.4) is 0 Å². The second-order valence-corrected chi connectivity index (χ2v) is 8.88. The van der Waals surface area contributed by atoms with Crippen molar-refractivity contribution in [3.05, 3.63) is 89.0 Å². The molecule has 1 fully saturated rings. The van der Waals surface area contributed by atoms with Crippen LogP contribution in [0.4, 0.5) is 0 Å². The number of aromatic nitrogens is 2. The SMILES string of the molecule is C[C@]1(O)CCN(CC=Cc2ccc(C#Cc3ccc(-c4ccc(Cl)cc4)cn3)cn2)C[C@H]1O. The van der Waals surface area contributed by atoms with Gasteiger partial charge in [0, 0.05) is 48.2 Å². The predicted octanol–water partition coefficient (Wildman–Crippen LogP) is 4.03. The zero-order valence-electron chi connectivity index (χ0n) is 18.4. The molecule has 168 valence electrons. The van der Waals surface area contributed by atoms with E-state index in [1.807, 2.05) is 66.9 Å². The van der Waals surface area contributed by atoms with Crippen LogP contribution in [0.1, 0.15) is 30.3 Å². The van der Waals surface area contributed by atoms with Gasteiger partial charge in [0.05, 0.1) is 17.4 Å². The third kappa shape index (κ3) is 6.28. The Morgan fingerprint density at radius 1 is 1.06 bits per heavy atom. The molecular weight excluding hydrogens is 434 g/mol. The summed E-state index contributed by atoms with van der Waals surface area (Å²) in [6.07, 6.45) is 7.36. The summed E-state index contributed by atoms with van der Waals surface area (Å²) in [5, 5.41) is 20.8. The van der Waals surface area contributed by atoms with Gasteiger partial charge in [0.25, 0.3) is 0 Å². The molecule has 33 heavy (non-hydrogen) atoms. The fourth-order valence-corrected chi connectivity index (χ4v) is 3.69. The van der Waals surface area contributed by atoms with Gasteiger partial charge in [-0.3, -0.25) is 9.88 Å². The number of pyridine rings is 2. The van der Waals surface area contributed by atoms with Gasteiger partial charge in [-0.05, 0) is 61.2 Å². The number of rotatable bonds is 4. The van der Waals surface area contributed by atoms with Gasteiger partial charge >= 0.3 is 0 Å².